The Labute approximate surface area is 165 Å². The number of hydrogen-bond donors (Lipinski definition) is 2. The molecule has 29 heavy (non-hydrogen) atoms. The van der Waals surface area contributed by atoms with Gasteiger partial charge >= 0.3 is 6.18 Å². The van der Waals surface area contributed by atoms with E-state index >= 15 is 0 Å². The monoisotopic (exact) mass is 405 g/mol. The molecule has 2 aromatic heterocycles. The first-order chi connectivity index (χ1) is 13.7. The van der Waals surface area contributed by atoms with E-state index in [1.807, 2.05) is 0 Å². The van der Waals surface area contributed by atoms with E-state index < -0.39 is 17.3 Å². The number of benzene rings is 1. The van der Waals surface area contributed by atoms with Crippen molar-refractivity contribution < 1.29 is 18.3 Å². The van der Waals surface area contributed by atoms with Crippen LogP contribution < -0.4 is 5.73 Å². The zero-order chi connectivity index (χ0) is 20.8. The van der Waals surface area contributed by atoms with Crippen LogP contribution in [0.4, 0.5) is 19.0 Å². The summed E-state index contributed by atoms with van der Waals surface area (Å²) < 4.78 is 40.0. The number of rotatable bonds is 3. The minimum Gasteiger partial charge on any atom is -0.382 e. The largest absolute Gasteiger partial charge is 0.416 e. The summed E-state index contributed by atoms with van der Waals surface area (Å²) in [7, 11) is 0. The quantitative estimate of drug-likeness (QED) is 0.690. The number of halogens is 3. The fourth-order valence-electron chi connectivity index (χ4n) is 4.01. The van der Waals surface area contributed by atoms with E-state index in [2.05, 4.69) is 21.9 Å². The maximum absolute atomic E-state index is 12.8. The molecular formula is C20H22F3N5O. The van der Waals surface area contributed by atoms with Crippen LogP contribution >= 0.6 is 0 Å². The van der Waals surface area contributed by atoms with Crippen molar-refractivity contribution in [3.63, 3.8) is 0 Å². The van der Waals surface area contributed by atoms with Gasteiger partial charge in [0.25, 0.3) is 0 Å². The average molecular weight is 405 g/mol. The highest BCUT2D eigenvalue weighted by molar-refractivity contribution is 5.81. The third kappa shape index (κ3) is 3.78. The van der Waals surface area contributed by atoms with Crippen molar-refractivity contribution in [3.8, 4) is 0 Å². The van der Waals surface area contributed by atoms with Gasteiger partial charge in [-0.1, -0.05) is 25.5 Å². The van der Waals surface area contributed by atoms with Crippen molar-refractivity contribution in [2.24, 2.45) is 5.92 Å². The van der Waals surface area contributed by atoms with E-state index in [1.54, 1.807) is 4.57 Å². The van der Waals surface area contributed by atoms with Gasteiger partial charge in [-0.3, -0.25) is 0 Å². The Kier molecular flexibility index (Phi) is 4.72. The summed E-state index contributed by atoms with van der Waals surface area (Å²) in [6, 6.07) is 4.96. The van der Waals surface area contributed by atoms with Gasteiger partial charge in [0.1, 0.15) is 11.1 Å². The SMILES string of the molecule is C[C@@H]1CCC[C@@](O)(c2nc(N)c3ncn(Cc4ccc(C(F)(F)F)cc4)c3n2)C1. The molecule has 1 aromatic carbocycles. The standard InChI is InChI=1S/C20H22F3N5O/c1-12-3-2-8-19(29,9-12)18-26-16(24)15-17(27-18)28(11-25-15)10-13-4-6-14(7-5-13)20(21,22)23/h4-7,11-12,29H,2-3,8-10H2,1H3,(H2,24,26,27)/t12-,19+/m1/s1. The maximum Gasteiger partial charge on any atom is 0.416 e. The molecule has 1 saturated carbocycles. The first-order valence-electron chi connectivity index (χ1n) is 9.53. The van der Waals surface area contributed by atoms with Gasteiger partial charge in [-0.2, -0.15) is 13.2 Å². The van der Waals surface area contributed by atoms with Gasteiger partial charge in [0.15, 0.2) is 17.3 Å². The van der Waals surface area contributed by atoms with Crippen molar-refractivity contribution in [3.05, 3.63) is 47.5 Å². The summed E-state index contributed by atoms with van der Waals surface area (Å²) in [5.74, 6) is 0.817. The molecule has 1 aliphatic rings. The molecule has 0 aliphatic heterocycles. The molecule has 2 atom stereocenters. The van der Waals surface area contributed by atoms with Crippen molar-refractivity contribution >= 4 is 17.0 Å². The lowest BCUT2D eigenvalue weighted by atomic mass is 9.78. The summed E-state index contributed by atoms with van der Waals surface area (Å²) in [5, 5.41) is 11.1. The highest BCUT2D eigenvalue weighted by Gasteiger charge is 2.38. The molecular weight excluding hydrogens is 383 g/mol. The van der Waals surface area contributed by atoms with Crippen molar-refractivity contribution in [2.75, 3.05) is 5.73 Å². The number of anilines is 1. The number of fused-ring (bicyclic) bond motifs is 1. The van der Waals surface area contributed by atoms with E-state index in [4.69, 9.17) is 5.73 Å². The molecule has 3 N–H and O–H groups in total. The minimum atomic E-state index is -4.37. The molecule has 0 amide bonds. The molecule has 0 bridgehead atoms. The van der Waals surface area contributed by atoms with Crippen LogP contribution in [0.5, 0.6) is 0 Å². The van der Waals surface area contributed by atoms with E-state index in [-0.39, 0.29) is 18.2 Å². The lowest BCUT2D eigenvalue weighted by molar-refractivity contribution is -0.137. The zero-order valence-corrected chi connectivity index (χ0v) is 15.9. The van der Waals surface area contributed by atoms with Gasteiger partial charge in [0, 0.05) is 0 Å². The number of hydrogen-bond acceptors (Lipinski definition) is 5. The van der Waals surface area contributed by atoms with E-state index in [0.29, 0.717) is 35.5 Å². The molecule has 154 valence electrons. The first-order valence-corrected chi connectivity index (χ1v) is 9.53. The van der Waals surface area contributed by atoms with E-state index in [0.717, 1.165) is 25.0 Å². The zero-order valence-electron chi connectivity index (χ0n) is 15.9. The minimum absolute atomic E-state index is 0.183. The van der Waals surface area contributed by atoms with Crippen molar-refractivity contribution in [2.45, 2.75) is 50.9 Å². The smallest absolute Gasteiger partial charge is 0.382 e. The second-order valence-electron chi connectivity index (χ2n) is 7.90. The second-order valence-corrected chi connectivity index (χ2v) is 7.90. The summed E-state index contributed by atoms with van der Waals surface area (Å²) in [5.41, 5.74) is 5.77. The number of nitrogens with two attached hydrogens (primary N) is 1. The molecule has 0 radical (unpaired) electrons. The molecule has 3 aromatic rings. The lowest BCUT2D eigenvalue weighted by Crippen LogP contribution is -2.34. The Balaban J connectivity index is 1.68. The molecule has 0 unspecified atom stereocenters. The summed E-state index contributed by atoms with van der Waals surface area (Å²) in [4.78, 5) is 13.1. The Bertz CT molecular complexity index is 1030. The second kappa shape index (κ2) is 6.98. The normalized spacial score (nSPS) is 22.9. The molecule has 0 saturated heterocycles. The molecule has 6 nitrogen and oxygen atoms in total. The predicted octanol–water partition coefficient (Wildman–Crippen LogP) is 3.87. The Hall–Kier alpha value is -2.68. The first kappa shape index (κ1) is 19.6. The van der Waals surface area contributed by atoms with Gasteiger partial charge < -0.3 is 15.4 Å². The molecule has 2 heterocycles. The average Bonchev–Trinajstić information content (AvgIpc) is 3.05. The van der Waals surface area contributed by atoms with Gasteiger partial charge in [-0.25, -0.2) is 15.0 Å². The molecule has 4 rings (SSSR count). The van der Waals surface area contributed by atoms with Crippen LogP contribution in [0.15, 0.2) is 30.6 Å². The number of aliphatic hydroxyl groups is 1. The van der Waals surface area contributed by atoms with Crippen LogP contribution in [0.2, 0.25) is 0 Å². The fraction of sp³-hybridized carbons (Fsp3) is 0.450. The highest BCUT2D eigenvalue weighted by atomic mass is 19.4. The van der Waals surface area contributed by atoms with Gasteiger partial charge in [0.05, 0.1) is 18.4 Å². The lowest BCUT2D eigenvalue weighted by Gasteiger charge is -2.34. The Morgan fingerprint density at radius 3 is 2.62 bits per heavy atom. The topological polar surface area (TPSA) is 89.9 Å². The van der Waals surface area contributed by atoms with Crippen LogP contribution in [-0.4, -0.2) is 24.6 Å². The van der Waals surface area contributed by atoms with Crippen molar-refractivity contribution in [1.82, 2.24) is 19.5 Å². The molecule has 1 aliphatic carbocycles. The maximum atomic E-state index is 12.8. The van der Waals surface area contributed by atoms with Crippen LogP contribution in [0, 0.1) is 5.92 Å². The third-order valence-corrected chi connectivity index (χ3v) is 5.51. The van der Waals surface area contributed by atoms with Crippen LogP contribution in [0.1, 0.15) is 49.6 Å². The number of nitrogens with zero attached hydrogens (tertiary/aromatic N) is 4. The highest BCUT2D eigenvalue weighted by Crippen LogP contribution is 2.39. The predicted molar refractivity (Wildman–Crippen MR) is 102 cm³/mol. The molecule has 1 fully saturated rings. The third-order valence-electron chi connectivity index (χ3n) is 5.51. The van der Waals surface area contributed by atoms with Gasteiger partial charge in [0.2, 0.25) is 0 Å². The van der Waals surface area contributed by atoms with Crippen LogP contribution in [0.3, 0.4) is 0 Å². The number of nitrogen functional groups attached to an aromatic ring is 1. The molecule has 9 heteroatoms. The summed E-state index contributed by atoms with van der Waals surface area (Å²) in [6.45, 7) is 2.36. The van der Waals surface area contributed by atoms with E-state index in [9.17, 15) is 18.3 Å². The molecule has 0 spiro atoms. The number of aromatic nitrogens is 4. The number of imidazole rings is 1. The van der Waals surface area contributed by atoms with Crippen LogP contribution in [-0.2, 0) is 18.3 Å². The summed E-state index contributed by atoms with van der Waals surface area (Å²) >= 11 is 0. The fourth-order valence-corrected chi connectivity index (χ4v) is 4.01. The van der Waals surface area contributed by atoms with Crippen molar-refractivity contribution in [1.29, 1.82) is 0 Å². The van der Waals surface area contributed by atoms with Gasteiger partial charge in [-0.05, 0) is 42.9 Å². The Morgan fingerprint density at radius 1 is 1.24 bits per heavy atom. The van der Waals surface area contributed by atoms with E-state index in [1.165, 1.54) is 18.5 Å². The van der Waals surface area contributed by atoms with Gasteiger partial charge in [-0.15, -0.1) is 0 Å². The number of alkyl halides is 3. The van der Waals surface area contributed by atoms with Crippen LogP contribution in [0.25, 0.3) is 11.2 Å². The summed E-state index contributed by atoms with van der Waals surface area (Å²) in [6.07, 6.45) is 0.212. The Morgan fingerprint density at radius 2 is 1.97 bits per heavy atom.